The first-order valence-corrected chi connectivity index (χ1v) is 9.98. The summed E-state index contributed by atoms with van der Waals surface area (Å²) in [7, 11) is 0. The molecule has 0 aliphatic carbocycles. The van der Waals surface area contributed by atoms with Gasteiger partial charge in [0.05, 0.1) is 6.54 Å². The van der Waals surface area contributed by atoms with Crippen LogP contribution in [0.15, 0.2) is 69.6 Å². The molecule has 0 aliphatic heterocycles. The van der Waals surface area contributed by atoms with E-state index in [1.165, 1.54) is 0 Å². The number of thiocarbonyl (C=S) groups is 1. The molecule has 2 aromatic carbocycles. The Bertz CT molecular complexity index is 941. The molecule has 4 nitrogen and oxygen atoms in total. The highest BCUT2D eigenvalue weighted by molar-refractivity contribution is 14.1. The van der Waals surface area contributed by atoms with Gasteiger partial charge in [-0.05, 0) is 77.3 Å². The van der Waals surface area contributed by atoms with Crippen LogP contribution in [0, 0.1) is 3.57 Å². The van der Waals surface area contributed by atoms with Crippen molar-refractivity contribution in [3.63, 3.8) is 0 Å². The molecule has 26 heavy (non-hydrogen) atoms. The first-order valence-electron chi connectivity index (χ1n) is 7.70. The fourth-order valence-electron chi connectivity index (χ4n) is 2.26. The van der Waals surface area contributed by atoms with Crippen LogP contribution >= 0.6 is 50.7 Å². The van der Waals surface area contributed by atoms with Crippen LogP contribution in [0.25, 0.3) is 11.3 Å². The Labute approximate surface area is 178 Å². The second-order valence-corrected chi connectivity index (χ2v) is 7.99. The lowest BCUT2D eigenvalue weighted by molar-refractivity contribution is 0.0976. The van der Waals surface area contributed by atoms with E-state index in [4.69, 9.17) is 16.6 Å². The van der Waals surface area contributed by atoms with Crippen LogP contribution < -0.4 is 10.6 Å². The van der Waals surface area contributed by atoms with Crippen molar-refractivity contribution in [2.75, 3.05) is 0 Å². The molecule has 0 saturated carbocycles. The number of carbonyl (C=O) groups excluding carboxylic acids is 1. The molecule has 0 spiro atoms. The van der Waals surface area contributed by atoms with Gasteiger partial charge >= 0.3 is 0 Å². The lowest BCUT2D eigenvalue weighted by Crippen LogP contribution is -2.38. The van der Waals surface area contributed by atoms with Crippen molar-refractivity contribution in [3.8, 4) is 11.3 Å². The van der Waals surface area contributed by atoms with Crippen molar-refractivity contribution >= 4 is 61.8 Å². The van der Waals surface area contributed by atoms with Gasteiger partial charge in [0, 0.05) is 19.2 Å². The number of furan rings is 1. The van der Waals surface area contributed by atoms with Gasteiger partial charge in [0.15, 0.2) is 5.11 Å². The molecule has 7 heteroatoms. The van der Waals surface area contributed by atoms with E-state index in [0.717, 1.165) is 25.1 Å². The van der Waals surface area contributed by atoms with E-state index in [0.29, 0.717) is 12.1 Å². The molecule has 0 fully saturated rings. The Morgan fingerprint density at radius 3 is 2.62 bits per heavy atom. The smallest absolute Gasteiger partial charge is 0.257 e. The number of carbonyl (C=O) groups is 1. The molecule has 3 rings (SSSR count). The Morgan fingerprint density at radius 2 is 1.88 bits per heavy atom. The van der Waals surface area contributed by atoms with E-state index in [9.17, 15) is 4.79 Å². The molecule has 1 amide bonds. The molecule has 0 bridgehead atoms. The van der Waals surface area contributed by atoms with Crippen molar-refractivity contribution in [2.45, 2.75) is 6.54 Å². The van der Waals surface area contributed by atoms with E-state index < -0.39 is 0 Å². The Hall–Kier alpha value is -1.71. The van der Waals surface area contributed by atoms with Crippen molar-refractivity contribution < 1.29 is 9.21 Å². The first-order chi connectivity index (χ1) is 12.5. The van der Waals surface area contributed by atoms with Gasteiger partial charge in [-0.3, -0.25) is 10.1 Å². The fourth-order valence-corrected chi connectivity index (χ4v) is 3.23. The van der Waals surface area contributed by atoms with Gasteiger partial charge in [0.25, 0.3) is 5.91 Å². The molecule has 0 saturated heterocycles. The van der Waals surface area contributed by atoms with Crippen LogP contribution in [-0.4, -0.2) is 11.0 Å². The normalized spacial score (nSPS) is 10.4. The van der Waals surface area contributed by atoms with Crippen LogP contribution in [0.2, 0.25) is 0 Å². The highest BCUT2D eigenvalue weighted by Crippen LogP contribution is 2.23. The summed E-state index contributed by atoms with van der Waals surface area (Å²) in [6.07, 6.45) is 0. The van der Waals surface area contributed by atoms with Gasteiger partial charge in [-0.25, -0.2) is 0 Å². The largest absolute Gasteiger partial charge is 0.459 e. The van der Waals surface area contributed by atoms with Crippen LogP contribution in [0.1, 0.15) is 16.1 Å². The van der Waals surface area contributed by atoms with Gasteiger partial charge in [-0.1, -0.05) is 34.1 Å². The molecule has 3 aromatic rings. The predicted octanol–water partition coefficient (Wildman–Crippen LogP) is 5.12. The summed E-state index contributed by atoms with van der Waals surface area (Å²) in [4.78, 5) is 12.2. The van der Waals surface area contributed by atoms with Gasteiger partial charge in [-0.2, -0.15) is 0 Å². The lowest BCUT2D eigenvalue weighted by Gasteiger charge is -2.08. The van der Waals surface area contributed by atoms with E-state index in [1.807, 2.05) is 48.5 Å². The molecule has 0 aliphatic rings. The molecular formula is C19H14BrIN2O2S. The van der Waals surface area contributed by atoms with Crippen LogP contribution in [0.3, 0.4) is 0 Å². The van der Waals surface area contributed by atoms with E-state index >= 15 is 0 Å². The summed E-state index contributed by atoms with van der Waals surface area (Å²) < 4.78 is 7.82. The SMILES string of the molecule is O=C(NC(=S)NCc1ccc(-c2ccc(Br)cc2)o1)c1cccc(I)c1. The minimum atomic E-state index is -0.240. The molecule has 0 unspecified atom stereocenters. The first kappa shape index (κ1) is 19.1. The van der Waals surface area contributed by atoms with Gasteiger partial charge in [0.2, 0.25) is 0 Å². The maximum atomic E-state index is 12.2. The number of benzene rings is 2. The molecule has 0 atom stereocenters. The third kappa shape index (κ3) is 5.15. The van der Waals surface area contributed by atoms with Crippen molar-refractivity contribution in [3.05, 3.63) is 80.0 Å². The summed E-state index contributed by atoms with van der Waals surface area (Å²) in [6.45, 7) is 0.391. The third-order valence-corrected chi connectivity index (χ3v) is 4.97. The van der Waals surface area contributed by atoms with Crippen molar-refractivity contribution in [2.24, 2.45) is 0 Å². The van der Waals surface area contributed by atoms with Gasteiger partial charge in [-0.15, -0.1) is 0 Å². The Balaban J connectivity index is 1.55. The summed E-state index contributed by atoms with van der Waals surface area (Å²) >= 11 is 10.8. The standard InChI is InChI=1S/C19H14BrIN2O2S/c20-14-6-4-12(5-7-14)17-9-8-16(25-17)11-22-19(26)23-18(24)13-2-1-3-15(21)10-13/h1-10H,11H2,(H2,22,23,24,26). The summed E-state index contributed by atoms with van der Waals surface area (Å²) in [5, 5.41) is 5.91. The van der Waals surface area contributed by atoms with E-state index in [-0.39, 0.29) is 11.0 Å². The molecule has 0 radical (unpaired) electrons. The predicted molar refractivity (Wildman–Crippen MR) is 118 cm³/mol. The average molecular weight is 541 g/mol. The van der Waals surface area contributed by atoms with E-state index in [2.05, 4.69) is 49.2 Å². The summed E-state index contributed by atoms with van der Waals surface area (Å²) in [5.74, 6) is 1.27. The maximum Gasteiger partial charge on any atom is 0.257 e. The number of rotatable bonds is 4. The Kier molecular flexibility index (Phi) is 6.44. The molecule has 132 valence electrons. The third-order valence-electron chi connectivity index (χ3n) is 3.53. The zero-order valence-corrected chi connectivity index (χ0v) is 18.0. The Morgan fingerprint density at radius 1 is 1.12 bits per heavy atom. The average Bonchev–Trinajstić information content (AvgIpc) is 3.09. The lowest BCUT2D eigenvalue weighted by atomic mass is 10.2. The minimum Gasteiger partial charge on any atom is -0.459 e. The van der Waals surface area contributed by atoms with Crippen LogP contribution in [-0.2, 0) is 6.54 Å². The highest BCUT2D eigenvalue weighted by Gasteiger charge is 2.09. The van der Waals surface area contributed by atoms with Crippen molar-refractivity contribution in [1.82, 2.24) is 10.6 Å². The second-order valence-electron chi connectivity index (χ2n) is 5.42. The maximum absolute atomic E-state index is 12.2. The molecule has 2 N–H and O–H groups in total. The second kappa shape index (κ2) is 8.79. The highest BCUT2D eigenvalue weighted by atomic mass is 127. The molecular weight excluding hydrogens is 527 g/mol. The quantitative estimate of drug-likeness (QED) is 0.356. The number of hydrogen-bond acceptors (Lipinski definition) is 3. The topological polar surface area (TPSA) is 54.3 Å². The molecule has 1 heterocycles. The minimum absolute atomic E-state index is 0.240. The fraction of sp³-hybridized carbons (Fsp3) is 0.0526. The number of halogens is 2. The summed E-state index contributed by atoms with van der Waals surface area (Å²) in [6, 6.07) is 19.0. The zero-order valence-electron chi connectivity index (χ0n) is 13.5. The zero-order chi connectivity index (χ0) is 18.5. The number of hydrogen-bond donors (Lipinski definition) is 2. The number of nitrogens with one attached hydrogen (secondary N) is 2. The molecule has 1 aromatic heterocycles. The van der Waals surface area contributed by atoms with Gasteiger partial charge < -0.3 is 9.73 Å². The van der Waals surface area contributed by atoms with Crippen LogP contribution in [0.5, 0.6) is 0 Å². The summed E-state index contributed by atoms with van der Waals surface area (Å²) in [5.41, 5.74) is 1.56. The van der Waals surface area contributed by atoms with E-state index in [1.54, 1.807) is 12.1 Å². The van der Waals surface area contributed by atoms with Gasteiger partial charge in [0.1, 0.15) is 11.5 Å². The number of amides is 1. The van der Waals surface area contributed by atoms with Crippen molar-refractivity contribution in [1.29, 1.82) is 0 Å². The monoisotopic (exact) mass is 540 g/mol. The van der Waals surface area contributed by atoms with Crippen LogP contribution in [0.4, 0.5) is 0 Å².